The molecule has 2 amide bonds. The van der Waals surface area contributed by atoms with Crippen molar-refractivity contribution in [1.29, 1.82) is 0 Å². The number of aliphatic imine (C=N–C) groups is 1. The Morgan fingerprint density at radius 3 is 1.73 bits per heavy atom. The molecule has 1 aliphatic rings. The van der Waals surface area contributed by atoms with Gasteiger partial charge in [-0.2, -0.15) is 0 Å². The number of amides is 2. The summed E-state index contributed by atoms with van der Waals surface area (Å²) < 4.78 is 15.7. The van der Waals surface area contributed by atoms with Crippen molar-refractivity contribution >= 4 is 23.9 Å². The van der Waals surface area contributed by atoms with E-state index in [-0.39, 0.29) is 35.7 Å². The Morgan fingerprint density at radius 2 is 1.35 bits per heavy atom. The van der Waals surface area contributed by atoms with Crippen molar-refractivity contribution in [3.8, 4) is 0 Å². The summed E-state index contributed by atoms with van der Waals surface area (Å²) in [4.78, 5) is 38.3. The van der Waals surface area contributed by atoms with E-state index in [0.29, 0.717) is 51.3 Å². The fourth-order valence-corrected chi connectivity index (χ4v) is 4.68. The van der Waals surface area contributed by atoms with E-state index in [4.69, 9.17) is 35.1 Å². The Bertz CT molecular complexity index is 737. The van der Waals surface area contributed by atoms with Crippen molar-refractivity contribution < 1.29 is 38.8 Å². The predicted octanol–water partition coefficient (Wildman–Crippen LogP) is 5.17. The maximum absolute atomic E-state index is 11.7. The van der Waals surface area contributed by atoms with Crippen LogP contribution in [0, 0.1) is 23.7 Å². The molecule has 12 heteroatoms. The number of nitrogens with one attached hydrogen (secondary N) is 2. The molecule has 0 aromatic rings. The van der Waals surface area contributed by atoms with Crippen LogP contribution < -0.4 is 16.4 Å². The molecule has 296 valence electrons. The Balaban J connectivity index is -0.000000219. The summed E-state index contributed by atoms with van der Waals surface area (Å²) in [6, 6.07) is 0.0752. The van der Waals surface area contributed by atoms with Crippen molar-refractivity contribution in [2.45, 2.75) is 134 Å². The number of hydrogen-bond donors (Lipinski definition) is 5. The number of carbonyl (C=O) groups is 3. The molecule has 1 rings (SSSR count). The van der Waals surface area contributed by atoms with Crippen molar-refractivity contribution in [1.82, 2.24) is 10.6 Å². The van der Waals surface area contributed by atoms with E-state index < -0.39 is 12.5 Å². The molecule has 0 bridgehead atoms. The quantitative estimate of drug-likeness (QED) is 0.0494. The smallest absolute Gasteiger partial charge is 0.245 e. The van der Waals surface area contributed by atoms with Gasteiger partial charge in [-0.3, -0.25) is 14.6 Å². The highest BCUT2D eigenvalue weighted by molar-refractivity contribution is 5.82. The average molecular weight is 709 g/mol. The Kier molecular flexibility index (Phi) is 50.4. The minimum Gasteiger partial charge on any atom is -0.400 e. The number of ether oxygens (including phenoxy) is 3. The molecule has 49 heavy (non-hydrogen) atoms. The summed E-state index contributed by atoms with van der Waals surface area (Å²) >= 11 is 0. The highest BCUT2D eigenvalue weighted by Crippen LogP contribution is 2.38. The van der Waals surface area contributed by atoms with Gasteiger partial charge in [0.2, 0.25) is 11.8 Å². The first kappa shape index (κ1) is 56.3. The topological polar surface area (TPSA) is 182 Å². The van der Waals surface area contributed by atoms with Crippen LogP contribution in [0.5, 0.6) is 0 Å². The molecule has 0 heterocycles. The van der Waals surface area contributed by atoms with E-state index >= 15 is 0 Å². The van der Waals surface area contributed by atoms with Gasteiger partial charge in [0.25, 0.3) is 0 Å². The highest BCUT2D eigenvalue weighted by Gasteiger charge is 2.41. The number of hydrogen-bond acceptors (Lipinski definition) is 9. The van der Waals surface area contributed by atoms with Gasteiger partial charge in [-0.25, -0.2) is 0 Å². The Labute approximate surface area is 301 Å². The second-order valence-electron chi connectivity index (χ2n) is 11.2. The number of aliphatic hydroxyl groups excluding tert-OH is 2. The van der Waals surface area contributed by atoms with Gasteiger partial charge >= 0.3 is 0 Å². The summed E-state index contributed by atoms with van der Waals surface area (Å²) in [7, 11) is 1.00. The molecule has 1 fully saturated rings. The van der Waals surface area contributed by atoms with E-state index in [9.17, 15) is 14.4 Å². The summed E-state index contributed by atoms with van der Waals surface area (Å²) in [6.45, 7) is 27.5. The number of aldehydes is 1. The Morgan fingerprint density at radius 1 is 0.878 bits per heavy atom. The summed E-state index contributed by atoms with van der Waals surface area (Å²) in [5.41, 5.74) is 6.06. The fourth-order valence-electron chi connectivity index (χ4n) is 4.68. The zero-order valence-electron chi connectivity index (χ0n) is 33.8. The van der Waals surface area contributed by atoms with Crippen LogP contribution >= 0.6 is 0 Å². The zero-order valence-corrected chi connectivity index (χ0v) is 33.8. The first-order valence-electron chi connectivity index (χ1n) is 18.7. The maximum atomic E-state index is 11.7. The third-order valence-electron chi connectivity index (χ3n) is 6.90. The zero-order chi connectivity index (χ0) is 39.0. The minimum atomic E-state index is -0.485. The molecule has 0 aromatic heterocycles. The van der Waals surface area contributed by atoms with Crippen LogP contribution in [0.15, 0.2) is 4.99 Å². The molecule has 0 spiro atoms. The molecule has 0 saturated heterocycles. The SMILES string of the molecule is CC.CC.CCC.CCC(CC)C(NC(C)=O)C1CC(C=O)CC1N=C(N)C(C)C.CCCOCCOCCOCCNC(=O)CO.CO. The summed E-state index contributed by atoms with van der Waals surface area (Å²) in [5.74, 6) is 1.01. The van der Waals surface area contributed by atoms with Crippen LogP contribution in [0.3, 0.4) is 0 Å². The van der Waals surface area contributed by atoms with Crippen LogP contribution in [0.4, 0.5) is 0 Å². The molecular formula is C37H80N4O8. The minimum absolute atomic E-state index is 0.0133. The van der Waals surface area contributed by atoms with Gasteiger partial charge in [0.15, 0.2) is 0 Å². The van der Waals surface area contributed by atoms with E-state index in [1.807, 2.05) is 41.5 Å². The second-order valence-corrected chi connectivity index (χ2v) is 11.2. The van der Waals surface area contributed by atoms with Crippen molar-refractivity contribution in [3.05, 3.63) is 0 Å². The predicted molar refractivity (Wildman–Crippen MR) is 204 cm³/mol. The van der Waals surface area contributed by atoms with Crippen LogP contribution in [-0.2, 0) is 28.6 Å². The fraction of sp³-hybridized carbons (Fsp3) is 0.892. The van der Waals surface area contributed by atoms with Gasteiger partial charge in [0.05, 0.1) is 44.9 Å². The number of nitrogens with two attached hydrogens (primary N) is 1. The van der Waals surface area contributed by atoms with Gasteiger partial charge in [0, 0.05) is 51.0 Å². The lowest BCUT2D eigenvalue weighted by Gasteiger charge is -2.33. The van der Waals surface area contributed by atoms with E-state index in [1.54, 1.807) is 6.92 Å². The number of rotatable bonds is 20. The lowest BCUT2D eigenvalue weighted by Crippen LogP contribution is -2.46. The third kappa shape index (κ3) is 34.1. The van der Waals surface area contributed by atoms with E-state index in [2.05, 4.69) is 45.3 Å². The number of carbonyl (C=O) groups excluding carboxylic acids is 3. The Hall–Kier alpha value is -2.12. The monoisotopic (exact) mass is 709 g/mol. The van der Waals surface area contributed by atoms with Crippen LogP contribution in [0.2, 0.25) is 0 Å². The largest absolute Gasteiger partial charge is 0.400 e. The molecule has 12 nitrogen and oxygen atoms in total. The molecule has 6 N–H and O–H groups in total. The number of aliphatic hydroxyl groups is 2. The lowest BCUT2D eigenvalue weighted by molar-refractivity contribution is -0.124. The van der Waals surface area contributed by atoms with Crippen LogP contribution in [-0.4, -0.2) is 106 Å². The second kappa shape index (κ2) is 43.9. The van der Waals surface area contributed by atoms with E-state index in [0.717, 1.165) is 52.1 Å². The number of nitrogens with zero attached hydrogens (tertiary/aromatic N) is 1. The van der Waals surface area contributed by atoms with Crippen LogP contribution in [0.25, 0.3) is 0 Å². The number of amidine groups is 1. The van der Waals surface area contributed by atoms with Crippen molar-refractivity contribution in [2.75, 3.05) is 59.9 Å². The molecule has 4 atom stereocenters. The van der Waals surface area contributed by atoms with Gasteiger partial charge in [0.1, 0.15) is 12.9 Å². The third-order valence-corrected chi connectivity index (χ3v) is 6.90. The normalized spacial score (nSPS) is 16.8. The molecular weight excluding hydrogens is 628 g/mol. The van der Waals surface area contributed by atoms with Crippen molar-refractivity contribution in [3.63, 3.8) is 0 Å². The first-order valence-corrected chi connectivity index (χ1v) is 18.7. The van der Waals surface area contributed by atoms with Crippen molar-refractivity contribution in [2.24, 2.45) is 34.4 Å². The molecule has 1 aliphatic carbocycles. The lowest BCUT2D eigenvalue weighted by atomic mass is 9.81. The molecule has 0 aromatic carbocycles. The summed E-state index contributed by atoms with van der Waals surface area (Å²) in [6.07, 6.45) is 6.82. The standard InChI is InChI=1S/C18H33N3O2.C11H23NO5.C3H8.2C2H6.CH4O/c1-6-14(7-2)17(20-12(5)23)15-8-13(10-22)9-16(15)21-18(19)11(3)4;1-2-4-15-6-8-17-9-7-16-5-3-12-11(14)10-13;1-3-2;3*1-2/h10-11,13-17H,6-9H2,1-5H3,(H2,19,21)(H,20,23);13H,2-10H2,1H3,(H,12,14);3H2,1-2H3;2*1-2H3;2H,1H3. The highest BCUT2D eigenvalue weighted by atomic mass is 16.5. The van der Waals surface area contributed by atoms with Gasteiger partial charge in [-0.05, 0) is 25.2 Å². The maximum Gasteiger partial charge on any atom is 0.245 e. The molecule has 0 radical (unpaired) electrons. The molecule has 0 aliphatic heterocycles. The van der Waals surface area contributed by atoms with Crippen LogP contribution in [0.1, 0.15) is 122 Å². The summed E-state index contributed by atoms with van der Waals surface area (Å²) in [5, 5.41) is 21.0. The van der Waals surface area contributed by atoms with E-state index in [1.165, 1.54) is 6.42 Å². The van der Waals surface area contributed by atoms with Gasteiger partial charge < -0.3 is 45.6 Å². The first-order chi connectivity index (χ1) is 23.6. The van der Waals surface area contributed by atoms with Gasteiger partial charge in [-0.15, -0.1) is 0 Å². The van der Waals surface area contributed by atoms with Gasteiger partial charge in [-0.1, -0.05) is 95.4 Å². The molecule has 4 unspecified atom stereocenters. The molecule has 1 saturated carbocycles. The average Bonchev–Trinajstić information content (AvgIpc) is 3.52.